The number of carbonyl (C=O) groups is 1. The largest absolute Gasteiger partial charge is 0.353 e. The first-order valence-corrected chi connectivity index (χ1v) is 11.5. The normalized spacial score (nSPS) is 37.2. The third-order valence-electron chi connectivity index (χ3n) is 7.23. The number of hydrogen-bond acceptors (Lipinski definition) is 5. The second-order valence-corrected chi connectivity index (χ2v) is 9.25. The van der Waals surface area contributed by atoms with Crippen LogP contribution < -0.4 is 0 Å². The van der Waals surface area contributed by atoms with Crippen molar-refractivity contribution >= 4 is 5.78 Å². The van der Waals surface area contributed by atoms with E-state index >= 15 is 0 Å². The summed E-state index contributed by atoms with van der Waals surface area (Å²) in [5, 5.41) is 0. The first kappa shape index (κ1) is 21.2. The Labute approximate surface area is 174 Å². The van der Waals surface area contributed by atoms with Gasteiger partial charge in [0.25, 0.3) is 0 Å². The second kappa shape index (κ2) is 9.42. The zero-order valence-electron chi connectivity index (χ0n) is 17.7. The van der Waals surface area contributed by atoms with Crippen molar-refractivity contribution in [3.05, 3.63) is 24.8 Å². The summed E-state index contributed by atoms with van der Waals surface area (Å²) in [5.41, 5.74) is 0. The standard InChI is InChI=1S/C24H36O5/c1-3-4-7-17(2)21(25)10-9-19-20-16-24(27-12-13-28-24)15-18(20)14-22(19)29-23-8-5-6-11-26-23/h3,9-10,17-20,22-23H,1,4-8,11-16H2,2H3/t17?,18-,19+,20+,22+,23?/m0/s1. The third kappa shape index (κ3) is 4.84. The number of fused-ring (bicyclic) bond motifs is 1. The van der Waals surface area contributed by atoms with Crippen LogP contribution in [0, 0.1) is 23.7 Å². The van der Waals surface area contributed by atoms with Gasteiger partial charge in [0, 0.05) is 31.3 Å². The SMILES string of the molecule is C=CCCC(C)C(=O)C=C[C@@H]1[C@@H]2CC3(C[C@@H]2C[C@H]1OC1CCCCO1)OCCO3. The minimum absolute atomic E-state index is 0.0268. The van der Waals surface area contributed by atoms with Crippen LogP contribution in [0.5, 0.6) is 0 Å². The molecule has 2 aliphatic carbocycles. The first-order valence-electron chi connectivity index (χ1n) is 11.5. The van der Waals surface area contributed by atoms with Crippen molar-refractivity contribution in [2.75, 3.05) is 19.8 Å². The lowest BCUT2D eigenvalue weighted by molar-refractivity contribution is -0.197. The number of rotatable bonds is 8. The van der Waals surface area contributed by atoms with E-state index in [9.17, 15) is 4.79 Å². The zero-order chi connectivity index (χ0) is 20.3. The molecule has 2 aliphatic heterocycles. The fourth-order valence-electron chi connectivity index (χ4n) is 5.64. The van der Waals surface area contributed by atoms with E-state index in [1.54, 1.807) is 6.08 Å². The van der Waals surface area contributed by atoms with E-state index in [0.717, 1.165) is 58.0 Å². The van der Waals surface area contributed by atoms with Crippen LogP contribution >= 0.6 is 0 Å². The number of ketones is 1. The van der Waals surface area contributed by atoms with Gasteiger partial charge in [-0.25, -0.2) is 0 Å². The molecule has 0 radical (unpaired) electrons. The van der Waals surface area contributed by atoms with E-state index in [0.29, 0.717) is 25.0 Å². The molecule has 0 aromatic rings. The van der Waals surface area contributed by atoms with E-state index < -0.39 is 5.79 Å². The van der Waals surface area contributed by atoms with Crippen molar-refractivity contribution in [3.8, 4) is 0 Å². The lowest BCUT2D eigenvalue weighted by Crippen LogP contribution is -2.33. The minimum atomic E-state index is -0.394. The van der Waals surface area contributed by atoms with Crippen LogP contribution in [0.2, 0.25) is 0 Å². The van der Waals surface area contributed by atoms with E-state index in [1.807, 2.05) is 13.0 Å². The molecule has 2 heterocycles. The maximum absolute atomic E-state index is 12.6. The van der Waals surface area contributed by atoms with Crippen molar-refractivity contribution < 1.29 is 23.7 Å². The van der Waals surface area contributed by atoms with Crippen LogP contribution in [0.1, 0.15) is 58.3 Å². The Balaban J connectivity index is 1.44. The van der Waals surface area contributed by atoms with Crippen molar-refractivity contribution in [2.45, 2.75) is 76.5 Å². The lowest BCUT2D eigenvalue weighted by atomic mass is 9.89. The molecule has 5 nitrogen and oxygen atoms in total. The van der Waals surface area contributed by atoms with Gasteiger partial charge in [-0.05, 0) is 56.4 Å². The zero-order valence-corrected chi connectivity index (χ0v) is 17.7. The molecule has 1 spiro atoms. The van der Waals surface area contributed by atoms with Gasteiger partial charge in [0.1, 0.15) is 0 Å². The summed E-state index contributed by atoms with van der Waals surface area (Å²) in [7, 11) is 0. The molecule has 162 valence electrons. The van der Waals surface area contributed by atoms with Crippen molar-refractivity contribution in [1.29, 1.82) is 0 Å². The van der Waals surface area contributed by atoms with Crippen molar-refractivity contribution in [2.24, 2.45) is 23.7 Å². The molecule has 2 unspecified atom stereocenters. The molecule has 29 heavy (non-hydrogen) atoms. The first-order chi connectivity index (χ1) is 14.1. The Morgan fingerprint density at radius 2 is 2.07 bits per heavy atom. The topological polar surface area (TPSA) is 54.0 Å². The van der Waals surface area contributed by atoms with Crippen LogP contribution in [0.3, 0.4) is 0 Å². The number of ether oxygens (including phenoxy) is 4. The van der Waals surface area contributed by atoms with Crippen LogP contribution in [0.15, 0.2) is 24.8 Å². The second-order valence-electron chi connectivity index (χ2n) is 9.25. The van der Waals surface area contributed by atoms with Crippen LogP contribution in [0.25, 0.3) is 0 Å². The van der Waals surface area contributed by atoms with Gasteiger partial charge in [-0.3, -0.25) is 4.79 Å². The maximum atomic E-state index is 12.6. The molecule has 4 rings (SSSR count). The van der Waals surface area contributed by atoms with E-state index in [4.69, 9.17) is 18.9 Å². The minimum Gasteiger partial charge on any atom is -0.353 e. The average molecular weight is 405 g/mol. The van der Waals surface area contributed by atoms with Gasteiger partial charge < -0.3 is 18.9 Å². The van der Waals surface area contributed by atoms with E-state index in [1.165, 1.54) is 0 Å². The Morgan fingerprint density at radius 1 is 1.24 bits per heavy atom. The molecule has 0 N–H and O–H groups in total. The molecule has 2 saturated carbocycles. The van der Waals surface area contributed by atoms with Gasteiger partial charge in [-0.1, -0.05) is 19.1 Å². The summed E-state index contributed by atoms with van der Waals surface area (Å²) in [6.45, 7) is 7.92. The van der Waals surface area contributed by atoms with Gasteiger partial charge in [0.2, 0.25) is 0 Å². The Morgan fingerprint density at radius 3 is 2.79 bits per heavy atom. The van der Waals surface area contributed by atoms with Crippen LogP contribution in [0.4, 0.5) is 0 Å². The quantitative estimate of drug-likeness (QED) is 0.443. The number of carbonyl (C=O) groups excluding carboxylic acids is 1. The molecule has 0 aromatic carbocycles. The third-order valence-corrected chi connectivity index (χ3v) is 7.23. The Bertz CT molecular complexity index is 602. The monoisotopic (exact) mass is 404 g/mol. The van der Waals surface area contributed by atoms with Crippen molar-refractivity contribution in [1.82, 2.24) is 0 Å². The summed E-state index contributed by atoms with van der Waals surface area (Å²) in [5.74, 6) is 1.00. The fourth-order valence-corrected chi connectivity index (χ4v) is 5.64. The Hall–Kier alpha value is -1.01. The van der Waals surface area contributed by atoms with Gasteiger partial charge in [-0.15, -0.1) is 6.58 Å². The van der Waals surface area contributed by atoms with Crippen LogP contribution in [-0.4, -0.2) is 43.8 Å². The van der Waals surface area contributed by atoms with E-state index in [2.05, 4.69) is 12.7 Å². The van der Waals surface area contributed by atoms with Crippen LogP contribution in [-0.2, 0) is 23.7 Å². The highest BCUT2D eigenvalue weighted by molar-refractivity contribution is 5.91. The highest BCUT2D eigenvalue weighted by Crippen LogP contribution is 2.55. The molecule has 0 bridgehead atoms. The summed E-state index contributed by atoms with van der Waals surface area (Å²) < 4.78 is 24.3. The molecule has 0 aromatic heterocycles. The molecule has 4 aliphatic rings. The predicted molar refractivity (Wildman–Crippen MR) is 110 cm³/mol. The molecule has 0 amide bonds. The number of allylic oxidation sites excluding steroid dienone is 2. The van der Waals surface area contributed by atoms with Crippen molar-refractivity contribution in [3.63, 3.8) is 0 Å². The molecular formula is C24H36O5. The summed E-state index contributed by atoms with van der Waals surface area (Å²) in [6, 6.07) is 0. The molecule has 6 atom stereocenters. The highest BCUT2D eigenvalue weighted by Gasteiger charge is 2.56. The van der Waals surface area contributed by atoms with Gasteiger partial charge >= 0.3 is 0 Å². The van der Waals surface area contributed by atoms with Gasteiger partial charge in [-0.2, -0.15) is 0 Å². The highest BCUT2D eigenvalue weighted by atomic mass is 16.7. The molecule has 4 fully saturated rings. The Kier molecular flexibility index (Phi) is 6.90. The maximum Gasteiger partial charge on any atom is 0.169 e. The summed E-state index contributed by atoms with van der Waals surface area (Å²) in [6.07, 6.45) is 13.6. The summed E-state index contributed by atoms with van der Waals surface area (Å²) in [4.78, 5) is 12.6. The predicted octanol–water partition coefficient (Wildman–Crippen LogP) is 4.42. The molecular weight excluding hydrogens is 368 g/mol. The summed E-state index contributed by atoms with van der Waals surface area (Å²) >= 11 is 0. The lowest BCUT2D eigenvalue weighted by Gasteiger charge is -2.31. The molecule has 5 heteroatoms. The van der Waals surface area contributed by atoms with E-state index in [-0.39, 0.29) is 30.0 Å². The van der Waals surface area contributed by atoms with Gasteiger partial charge in [0.05, 0.1) is 19.3 Å². The number of hydrogen-bond donors (Lipinski definition) is 0. The fraction of sp³-hybridized carbons (Fsp3) is 0.792. The average Bonchev–Trinajstić information content (AvgIpc) is 3.41. The smallest absolute Gasteiger partial charge is 0.169 e. The molecule has 2 saturated heterocycles. The van der Waals surface area contributed by atoms with Gasteiger partial charge in [0.15, 0.2) is 17.9 Å².